The number of para-hydroxylation sites is 5. The third-order valence-corrected chi connectivity index (χ3v) is 12.1. The topological polar surface area (TPSA) is 9.72 Å². The average molecular weight is 786 g/mol. The van der Waals surface area contributed by atoms with Crippen LogP contribution in [0.4, 0.5) is 51.2 Å². The Morgan fingerprint density at radius 2 is 0.754 bits per heavy atom. The molecule has 0 saturated carbocycles. The van der Waals surface area contributed by atoms with Gasteiger partial charge >= 0.3 is 0 Å². The van der Waals surface area contributed by atoms with Crippen LogP contribution in [0, 0.1) is 6.92 Å². The van der Waals surface area contributed by atoms with Crippen molar-refractivity contribution < 1.29 is 0 Å². The second kappa shape index (κ2) is 15.9. The van der Waals surface area contributed by atoms with Gasteiger partial charge in [0, 0.05) is 39.4 Å². The second-order valence-electron chi connectivity index (χ2n) is 16.3. The van der Waals surface area contributed by atoms with E-state index in [2.05, 4.69) is 266 Å². The van der Waals surface area contributed by atoms with Crippen molar-refractivity contribution in [3.05, 3.63) is 247 Å². The third kappa shape index (κ3) is 6.94. The van der Waals surface area contributed by atoms with Crippen molar-refractivity contribution in [2.45, 2.75) is 26.2 Å². The average Bonchev–Trinajstić information content (AvgIpc) is 3.54. The predicted octanol–water partition coefficient (Wildman–Crippen LogP) is 16.4. The van der Waals surface area contributed by atoms with Gasteiger partial charge in [0.1, 0.15) is 0 Å². The van der Waals surface area contributed by atoms with Crippen molar-refractivity contribution in [3.8, 4) is 22.3 Å². The summed E-state index contributed by atoms with van der Waals surface area (Å²) in [5, 5.41) is 0. The van der Waals surface area contributed by atoms with Crippen LogP contribution in [0.1, 0.15) is 30.5 Å². The van der Waals surface area contributed by atoms with Gasteiger partial charge in [0.05, 0.1) is 22.7 Å². The normalized spacial score (nSPS) is 12.3. The maximum atomic E-state index is 2.48. The van der Waals surface area contributed by atoms with Gasteiger partial charge in [-0.3, -0.25) is 0 Å². The summed E-state index contributed by atoms with van der Waals surface area (Å²) in [6, 6.07) is 83.3. The van der Waals surface area contributed by atoms with E-state index in [0.717, 1.165) is 62.3 Å². The van der Waals surface area contributed by atoms with Crippen molar-refractivity contribution in [2.75, 3.05) is 14.7 Å². The van der Waals surface area contributed by atoms with Gasteiger partial charge in [-0.15, -0.1) is 0 Å². The molecule has 0 unspecified atom stereocenters. The molecule has 9 aromatic rings. The highest BCUT2D eigenvalue weighted by Gasteiger charge is 2.37. The zero-order valence-corrected chi connectivity index (χ0v) is 34.8. The molecule has 0 saturated heterocycles. The van der Waals surface area contributed by atoms with Crippen LogP contribution >= 0.6 is 0 Å². The summed E-state index contributed by atoms with van der Waals surface area (Å²) in [4.78, 5) is 7.21. The minimum Gasteiger partial charge on any atom is -0.310 e. The largest absolute Gasteiger partial charge is 0.310 e. The van der Waals surface area contributed by atoms with E-state index in [1.54, 1.807) is 0 Å². The lowest BCUT2D eigenvalue weighted by Crippen LogP contribution is -2.18. The molecule has 10 rings (SSSR count). The molecule has 3 nitrogen and oxygen atoms in total. The SMILES string of the molecule is Cc1cccc2c1-c1ccc(N(c3cc(N(c4ccccc4)c4ccccc4)cc(N(c4ccccc4)c4ccccc4)c3)c3ccccc3-c3ccccc3)cc1C2(C)C. The summed E-state index contributed by atoms with van der Waals surface area (Å²) in [6.45, 7) is 6.98. The van der Waals surface area contributed by atoms with Crippen LogP contribution in [0.15, 0.2) is 231 Å². The summed E-state index contributed by atoms with van der Waals surface area (Å²) in [5.41, 5.74) is 18.4. The first-order chi connectivity index (χ1) is 30.0. The van der Waals surface area contributed by atoms with Gasteiger partial charge in [0.15, 0.2) is 0 Å². The quantitative estimate of drug-likeness (QED) is 0.137. The van der Waals surface area contributed by atoms with Crippen LogP contribution < -0.4 is 14.7 Å². The summed E-state index contributed by atoms with van der Waals surface area (Å²) in [6.07, 6.45) is 0. The fraction of sp³-hybridized carbons (Fsp3) is 0.0690. The van der Waals surface area contributed by atoms with Crippen LogP contribution in [0.25, 0.3) is 22.3 Å². The van der Waals surface area contributed by atoms with E-state index in [9.17, 15) is 0 Å². The number of fused-ring (bicyclic) bond motifs is 3. The van der Waals surface area contributed by atoms with Gasteiger partial charge in [-0.05, 0) is 125 Å². The molecule has 0 N–H and O–H groups in total. The summed E-state index contributed by atoms with van der Waals surface area (Å²) < 4.78 is 0. The Hall–Kier alpha value is -7.62. The number of aryl methyl sites for hydroxylation is 1. The van der Waals surface area contributed by atoms with Crippen LogP contribution in [0.3, 0.4) is 0 Å². The number of nitrogens with zero attached hydrogens (tertiary/aromatic N) is 3. The van der Waals surface area contributed by atoms with Crippen molar-refractivity contribution in [1.82, 2.24) is 0 Å². The lowest BCUT2D eigenvalue weighted by molar-refractivity contribution is 0.660. The molecule has 61 heavy (non-hydrogen) atoms. The summed E-state index contributed by atoms with van der Waals surface area (Å²) >= 11 is 0. The van der Waals surface area contributed by atoms with Gasteiger partial charge in [0.25, 0.3) is 0 Å². The lowest BCUT2D eigenvalue weighted by atomic mass is 9.82. The number of anilines is 9. The molecule has 0 aliphatic heterocycles. The highest BCUT2D eigenvalue weighted by Crippen LogP contribution is 2.53. The first kappa shape index (κ1) is 37.6. The van der Waals surface area contributed by atoms with Crippen LogP contribution in [0.2, 0.25) is 0 Å². The molecule has 0 atom stereocenters. The lowest BCUT2D eigenvalue weighted by Gasteiger charge is -2.34. The van der Waals surface area contributed by atoms with Gasteiger partial charge in [0.2, 0.25) is 0 Å². The predicted molar refractivity (Wildman–Crippen MR) is 258 cm³/mol. The Labute approximate surface area is 360 Å². The van der Waals surface area contributed by atoms with E-state index in [1.165, 1.54) is 27.8 Å². The summed E-state index contributed by atoms with van der Waals surface area (Å²) in [5.74, 6) is 0. The molecular weight excluding hydrogens is 739 g/mol. The van der Waals surface area contributed by atoms with Crippen LogP contribution in [-0.2, 0) is 5.41 Å². The minimum atomic E-state index is -0.181. The first-order valence-electron chi connectivity index (χ1n) is 21.1. The van der Waals surface area contributed by atoms with E-state index < -0.39 is 0 Å². The van der Waals surface area contributed by atoms with E-state index >= 15 is 0 Å². The molecule has 0 heterocycles. The van der Waals surface area contributed by atoms with Gasteiger partial charge < -0.3 is 14.7 Å². The monoisotopic (exact) mass is 785 g/mol. The Morgan fingerprint density at radius 3 is 1.26 bits per heavy atom. The Morgan fingerprint density at radius 1 is 0.311 bits per heavy atom. The fourth-order valence-electron chi connectivity index (χ4n) is 9.22. The number of hydrogen-bond donors (Lipinski definition) is 0. The first-order valence-corrected chi connectivity index (χ1v) is 21.1. The minimum absolute atomic E-state index is 0.181. The highest BCUT2D eigenvalue weighted by atomic mass is 15.2. The van der Waals surface area contributed by atoms with Crippen LogP contribution in [0.5, 0.6) is 0 Å². The van der Waals surface area contributed by atoms with Crippen molar-refractivity contribution in [2.24, 2.45) is 0 Å². The van der Waals surface area contributed by atoms with Crippen LogP contribution in [-0.4, -0.2) is 0 Å². The highest BCUT2D eigenvalue weighted by molar-refractivity contribution is 5.94. The van der Waals surface area contributed by atoms with Gasteiger partial charge in [-0.25, -0.2) is 0 Å². The molecule has 1 aliphatic carbocycles. The van der Waals surface area contributed by atoms with Crippen molar-refractivity contribution >= 4 is 51.2 Å². The summed E-state index contributed by atoms with van der Waals surface area (Å²) in [7, 11) is 0. The molecule has 3 heteroatoms. The zero-order chi connectivity index (χ0) is 41.3. The molecule has 1 aliphatic rings. The van der Waals surface area contributed by atoms with Crippen molar-refractivity contribution in [1.29, 1.82) is 0 Å². The van der Waals surface area contributed by atoms with E-state index in [4.69, 9.17) is 0 Å². The second-order valence-corrected chi connectivity index (χ2v) is 16.3. The molecule has 294 valence electrons. The maximum Gasteiger partial charge on any atom is 0.0540 e. The number of rotatable bonds is 10. The fourth-order valence-corrected chi connectivity index (χ4v) is 9.22. The molecule has 0 bridgehead atoms. The molecule has 0 amide bonds. The van der Waals surface area contributed by atoms with E-state index in [1.807, 2.05) is 0 Å². The third-order valence-electron chi connectivity index (χ3n) is 12.1. The van der Waals surface area contributed by atoms with E-state index in [-0.39, 0.29) is 5.41 Å². The zero-order valence-electron chi connectivity index (χ0n) is 34.8. The van der Waals surface area contributed by atoms with E-state index in [0.29, 0.717) is 0 Å². The standard InChI is InChI=1S/C58H47N3/c1-42-22-21-34-54-57(42)53-37-36-48(41-55(53)58(54,2)3)61(56-35-20-19-33-52(56)43-23-9-4-10-24-43)51-39-49(59(44-25-11-5-12-26-44)45-27-13-6-14-28-45)38-50(40-51)60(46-29-15-7-16-30-46)47-31-17-8-18-32-47/h4-41H,1-3H3. The molecule has 0 aromatic heterocycles. The molecule has 0 spiro atoms. The molecule has 0 radical (unpaired) electrons. The molecule has 0 fully saturated rings. The van der Waals surface area contributed by atoms with Gasteiger partial charge in [-0.1, -0.05) is 159 Å². The molecule has 9 aromatic carbocycles. The Kier molecular flexibility index (Phi) is 9.78. The maximum absolute atomic E-state index is 2.48. The Bertz CT molecular complexity index is 2760. The number of benzene rings is 9. The van der Waals surface area contributed by atoms with Gasteiger partial charge in [-0.2, -0.15) is 0 Å². The van der Waals surface area contributed by atoms with Crippen molar-refractivity contribution in [3.63, 3.8) is 0 Å². The smallest absolute Gasteiger partial charge is 0.0540 e. The Balaban J connectivity index is 1.29. The molecular formula is C58H47N3. The number of hydrogen-bond acceptors (Lipinski definition) is 3.